The molecule has 8 heteroatoms. The van der Waals surface area contributed by atoms with Gasteiger partial charge < -0.3 is 25.3 Å². The summed E-state index contributed by atoms with van der Waals surface area (Å²) < 4.78 is 0. The van der Waals surface area contributed by atoms with E-state index in [0.29, 0.717) is 32.6 Å². The molecular formula is C28H37N5O3. The summed E-state index contributed by atoms with van der Waals surface area (Å²) in [5, 5.41) is 6.01. The first kappa shape index (κ1) is 25.5. The van der Waals surface area contributed by atoms with Crippen molar-refractivity contribution in [2.24, 2.45) is 0 Å². The van der Waals surface area contributed by atoms with Gasteiger partial charge >= 0.3 is 6.03 Å². The zero-order chi connectivity index (χ0) is 25.7. The first-order valence-corrected chi connectivity index (χ1v) is 12.9. The van der Waals surface area contributed by atoms with E-state index in [1.165, 1.54) is 0 Å². The number of piperidine rings is 1. The fourth-order valence-corrected chi connectivity index (χ4v) is 5.14. The number of benzene rings is 2. The number of amides is 4. The smallest absolute Gasteiger partial charge is 0.321 e. The number of nitrogens with zero attached hydrogens (tertiary/aromatic N) is 3. The van der Waals surface area contributed by atoms with Crippen LogP contribution in [0.5, 0.6) is 0 Å². The van der Waals surface area contributed by atoms with Crippen LogP contribution in [0.4, 0.5) is 16.2 Å². The number of aryl methyl sites for hydroxylation is 1. The van der Waals surface area contributed by atoms with Crippen LogP contribution in [0.2, 0.25) is 0 Å². The van der Waals surface area contributed by atoms with Crippen molar-refractivity contribution >= 4 is 29.2 Å². The van der Waals surface area contributed by atoms with Crippen molar-refractivity contribution in [3.8, 4) is 0 Å². The molecule has 2 saturated heterocycles. The second-order valence-electron chi connectivity index (χ2n) is 9.74. The van der Waals surface area contributed by atoms with Gasteiger partial charge in [0.25, 0.3) is 5.91 Å². The van der Waals surface area contributed by atoms with E-state index in [1.807, 2.05) is 68.4 Å². The molecule has 2 aromatic carbocycles. The summed E-state index contributed by atoms with van der Waals surface area (Å²) in [4.78, 5) is 45.0. The second kappa shape index (κ2) is 11.0. The highest BCUT2D eigenvalue weighted by molar-refractivity contribution is 5.97. The zero-order valence-electron chi connectivity index (χ0n) is 21.5. The molecule has 0 saturated carbocycles. The number of hydrogen-bond donors (Lipinski definition) is 2. The fourth-order valence-electron chi connectivity index (χ4n) is 5.14. The van der Waals surface area contributed by atoms with Gasteiger partial charge in [-0.05, 0) is 56.4 Å². The lowest BCUT2D eigenvalue weighted by molar-refractivity contribution is -0.137. The van der Waals surface area contributed by atoms with Gasteiger partial charge in [0.2, 0.25) is 5.91 Å². The number of anilines is 2. The van der Waals surface area contributed by atoms with Crippen LogP contribution in [0.25, 0.3) is 0 Å². The number of carbonyl (C=O) groups is 3. The normalized spacial score (nSPS) is 17.9. The molecular weight excluding hydrogens is 454 g/mol. The minimum atomic E-state index is -0.768. The molecule has 2 heterocycles. The third kappa shape index (κ3) is 5.17. The predicted octanol–water partition coefficient (Wildman–Crippen LogP) is 3.84. The van der Waals surface area contributed by atoms with Crippen LogP contribution in [0.1, 0.15) is 45.6 Å². The molecule has 192 valence electrons. The van der Waals surface area contributed by atoms with Gasteiger partial charge in [-0.1, -0.05) is 50.2 Å². The van der Waals surface area contributed by atoms with E-state index in [9.17, 15) is 14.4 Å². The summed E-state index contributed by atoms with van der Waals surface area (Å²) in [7, 11) is 0. The molecule has 4 amide bonds. The van der Waals surface area contributed by atoms with Gasteiger partial charge in [0.1, 0.15) is 12.1 Å². The Morgan fingerprint density at radius 2 is 1.67 bits per heavy atom. The molecule has 0 aliphatic carbocycles. The maximum absolute atomic E-state index is 13.8. The Balaban J connectivity index is 1.49. The van der Waals surface area contributed by atoms with Gasteiger partial charge in [0.05, 0.1) is 6.67 Å². The predicted molar refractivity (Wildman–Crippen MR) is 142 cm³/mol. The maximum Gasteiger partial charge on any atom is 0.321 e. The molecule has 1 unspecified atom stereocenters. The number of urea groups is 1. The molecule has 2 aliphatic rings. The summed E-state index contributed by atoms with van der Waals surface area (Å²) in [6, 6.07) is 17.6. The first-order chi connectivity index (χ1) is 17.4. The molecule has 0 aromatic heterocycles. The Labute approximate surface area is 213 Å². The molecule has 2 N–H and O–H groups in total. The van der Waals surface area contributed by atoms with E-state index in [1.54, 1.807) is 9.80 Å². The van der Waals surface area contributed by atoms with Gasteiger partial charge in [-0.2, -0.15) is 0 Å². The summed E-state index contributed by atoms with van der Waals surface area (Å²) in [6.07, 6.45) is 2.68. The number of para-hydroxylation sites is 2. The largest absolute Gasteiger partial charge is 0.352 e. The quantitative estimate of drug-likeness (QED) is 0.616. The minimum absolute atomic E-state index is 0.0340. The van der Waals surface area contributed by atoms with Crippen LogP contribution in [-0.2, 0) is 16.0 Å². The monoisotopic (exact) mass is 491 g/mol. The van der Waals surface area contributed by atoms with Crippen molar-refractivity contribution in [3.63, 3.8) is 0 Å². The Morgan fingerprint density at radius 1 is 1.00 bits per heavy atom. The van der Waals surface area contributed by atoms with Gasteiger partial charge in [-0.3, -0.25) is 9.59 Å². The van der Waals surface area contributed by atoms with Gasteiger partial charge in [0.15, 0.2) is 0 Å². The lowest BCUT2D eigenvalue weighted by Crippen LogP contribution is -2.58. The molecule has 2 aromatic rings. The van der Waals surface area contributed by atoms with Crippen LogP contribution in [0, 0.1) is 0 Å². The second-order valence-corrected chi connectivity index (χ2v) is 9.74. The van der Waals surface area contributed by atoms with Crippen LogP contribution in [0.3, 0.4) is 0 Å². The Hall–Kier alpha value is -3.55. The third-order valence-corrected chi connectivity index (χ3v) is 7.45. The Morgan fingerprint density at radius 3 is 2.33 bits per heavy atom. The van der Waals surface area contributed by atoms with Gasteiger partial charge in [-0.25, -0.2) is 4.79 Å². The Kier molecular flexibility index (Phi) is 7.82. The standard InChI is InChI=1S/C28H37N5O3/c1-4-21(3)29-25(34)19-32-20-33(23-12-7-6-8-13-23)28(26(32)35)15-17-31(18-16-28)27(36)30-24-14-10-9-11-22(24)5-2/h6-14,21H,4-5,15-20H2,1-3H3,(H,29,34)(H,30,36). The highest BCUT2D eigenvalue weighted by atomic mass is 16.2. The van der Waals surface area contributed by atoms with Crippen molar-refractivity contribution in [2.75, 3.05) is 36.5 Å². The first-order valence-electron chi connectivity index (χ1n) is 12.9. The van der Waals surface area contributed by atoms with Crippen LogP contribution in [-0.4, -0.2) is 65.5 Å². The third-order valence-electron chi connectivity index (χ3n) is 7.45. The zero-order valence-corrected chi connectivity index (χ0v) is 21.5. The molecule has 4 rings (SSSR count). The van der Waals surface area contributed by atoms with Gasteiger partial charge in [-0.15, -0.1) is 0 Å². The summed E-state index contributed by atoms with van der Waals surface area (Å²) >= 11 is 0. The van der Waals surface area contributed by atoms with E-state index in [-0.39, 0.29) is 30.4 Å². The van der Waals surface area contributed by atoms with E-state index >= 15 is 0 Å². The fraction of sp³-hybridized carbons (Fsp3) is 0.464. The van der Waals surface area contributed by atoms with E-state index in [4.69, 9.17) is 0 Å². The average molecular weight is 492 g/mol. The number of hydrogen-bond acceptors (Lipinski definition) is 4. The van der Waals surface area contributed by atoms with Crippen LogP contribution < -0.4 is 15.5 Å². The van der Waals surface area contributed by atoms with Crippen LogP contribution in [0.15, 0.2) is 54.6 Å². The summed E-state index contributed by atoms with van der Waals surface area (Å²) in [6.45, 7) is 7.35. The van der Waals surface area contributed by atoms with Crippen LogP contribution >= 0.6 is 0 Å². The highest BCUT2D eigenvalue weighted by Gasteiger charge is 2.54. The van der Waals surface area contributed by atoms with Crippen molar-refractivity contribution < 1.29 is 14.4 Å². The molecule has 1 spiro atoms. The number of carbonyl (C=O) groups excluding carboxylic acids is 3. The lowest BCUT2D eigenvalue weighted by atomic mass is 9.85. The summed E-state index contributed by atoms with van der Waals surface area (Å²) in [5.74, 6) is -0.184. The molecule has 0 radical (unpaired) electrons. The number of likely N-dealkylation sites (tertiary alicyclic amines) is 1. The van der Waals surface area contributed by atoms with Crippen molar-refractivity contribution in [1.82, 2.24) is 15.1 Å². The SMILES string of the molecule is CCc1ccccc1NC(=O)N1CCC2(CC1)C(=O)N(CC(=O)NC(C)CC)CN2c1ccccc1. The van der Waals surface area contributed by atoms with Gasteiger partial charge in [0, 0.05) is 30.5 Å². The van der Waals surface area contributed by atoms with E-state index in [2.05, 4.69) is 22.5 Å². The topological polar surface area (TPSA) is 85.0 Å². The maximum atomic E-state index is 13.8. The van der Waals surface area contributed by atoms with E-state index in [0.717, 1.165) is 29.8 Å². The Bertz CT molecular complexity index is 1080. The van der Waals surface area contributed by atoms with Crippen molar-refractivity contribution in [1.29, 1.82) is 0 Å². The molecule has 8 nitrogen and oxygen atoms in total. The molecule has 1 atom stereocenters. The molecule has 36 heavy (non-hydrogen) atoms. The molecule has 2 fully saturated rings. The van der Waals surface area contributed by atoms with Crippen molar-refractivity contribution in [2.45, 2.75) is 58.0 Å². The minimum Gasteiger partial charge on any atom is -0.352 e. The molecule has 0 bridgehead atoms. The average Bonchev–Trinajstić information content (AvgIpc) is 3.15. The summed E-state index contributed by atoms with van der Waals surface area (Å²) in [5.41, 5.74) is 2.10. The lowest BCUT2D eigenvalue weighted by Gasteiger charge is -2.43. The van der Waals surface area contributed by atoms with Crippen molar-refractivity contribution in [3.05, 3.63) is 60.2 Å². The number of rotatable bonds is 7. The highest BCUT2D eigenvalue weighted by Crippen LogP contribution is 2.39. The molecule has 2 aliphatic heterocycles. The van der Waals surface area contributed by atoms with E-state index < -0.39 is 5.54 Å². The number of nitrogens with one attached hydrogen (secondary N) is 2.